The fraction of sp³-hybridized carbons (Fsp3) is 0.324. The Bertz CT molecular complexity index is 1470. The van der Waals surface area contributed by atoms with E-state index in [0.29, 0.717) is 24.5 Å². The van der Waals surface area contributed by atoms with Crippen molar-refractivity contribution >= 4 is 17.4 Å². The van der Waals surface area contributed by atoms with E-state index in [9.17, 15) is 30.3 Å². The Morgan fingerprint density at radius 2 is 1.41 bits per heavy atom. The minimum atomic E-state index is -2.00. The number of pyridine rings is 2. The van der Waals surface area contributed by atoms with Gasteiger partial charge in [-0.1, -0.05) is 60.7 Å². The standard InChI is InChI=1S/C34H41N5O7/c40-21-26(41)31(43)32(44)33(45)34(46)38-20-10-19-35-24-14-5-4-13-23(24)29(39-27-16-7-9-18-37-27)28(25-15-6-8-17-36-25)30(42)22-11-2-1-3-12-22/h1-9,11-18,26,28-33,35,40-45H,10,19-21H2,(H,37,39)(H,38,46)/t26-,28+,29-,30-,31-,32+,33-/m1/s1. The molecule has 2 aromatic carbocycles. The second-order valence-electron chi connectivity index (χ2n) is 10.8. The van der Waals surface area contributed by atoms with Gasteiger partial charge in [0.05, 0.1) is 24.7 Å². The third-order valence-electron chi connectivity index (χ3n) is 7.63. The summed E-state index contributed by atoms with van der Waals surface area (Å²) in [6.07, 6.45) is -4.69. The van der Waals surface area contributed by atoms with Gasteiger partial charge >= 0.3 is 0 Å². The molecule has 2 heterocycles. The fourth-order valence-electron chi connectivity index (χ4n) is 5.15. The highest BCUT2D eigenvalue weighted by molar-refractivity contribution is 5.81. The molecule has 0 spiro atoms. The number of benzene rings is 2. The fourth-order valence-corrected chi connectivity index (χ4v) is 5.15. The van der Waals surface area contributed by atoms with Crippen LogP contribution in [0.4, 0.5) is 11.5 Å². The summed E-state index contributed by atoms with van der Waals surface area (Å²) in [7, 11) is 0. The highest BCUT2D eigenvalue weighted by Gasteiger charge is 2.35. The average molecular weight is 632 g/mol. The normalized spacial score (nSPS) is 15.9. The Kier molecular flexibility index (Phi) is 13.0. The van der Waals surface area contributed by atoms with E-state index in [4.69, 9.17) is 5.11 Å². The van der Waals surface area contributed by atoms with Gasteiger partial charge in [0.2, 0.25) is 0 Å². The summed E-state index contributed by atoms with van der Waals surface area (Å²) in [6.45, 7) is -0.297. The number of carbonyl (C=O) groups excluding carboxylic acids is 1. The molecule has 0 radical (unpaired) electrons. The van der Waals surface area contributed by atoms with Crippen LogP contribution in [0.15, 0.2) is 103 Å². The van der Waals surface area contributed by atoms with Crippen molar-refractivity contribution in [3.8, 4) is 0 Å². The number of amides is 1. The first-order valence-corrected chi connectivity index (χ1v) is 15.1. The number of aromatic nitrogens is 2. The van der Waals surface area contributed by atoms with Crippen LogP contribution >= 0.6 is 0 Å². The van der Waals surface area contributed by atoms with E-state index in [2.05, 4.69) is 25.9 Å². The molecule has 12 nitrogen and oxygen atoms in total. The third kappa shape index (κ3) is 9.07. The molecule has 1 amide bonds. The van der Waals surface area contributed by atoms with Crippen LogP contribution in [-0.2, 0) is 4.79 Å². The zero-order chi connectivity index (χ0) is 32.9. The van der Waals surface area contributed by atoms with Gasteiger partial charge in [-0.3, -0.25) is 9.78 Å². The molecule has 12 heteroatoms. The zero-order valence-electron chi connectivity index (χ0n) is 25.2. The van der Waals surface area contributed by atoms with Crippen molar-refractivity contribution in [2.75, 3.05) is 30.3 Å². The lowest BCUT2D eigenvalue weighted by atomic mass is 9.82. The molecule has 0 aliphatic rings. The molecular formula is C34H41N5O7. The van der Waals surface area contributed by atoms with Crippen LogP contribution in [0, 0.1) is 0 Å². The molecule has 9 N–H and O–H groups in total. The molecule has 0 bridgehead atoms. The predicted octanol–water partition coefficient (Wildman–Crippen LogP) is 1.50. The molecule has 0 aliphatic heterocycles. The van der Waals surface area contributed by atoms with Gasteiger partial charge in [0.25, 0.3) is 5.91 Å². The van der Waals surface area contributed by atoms with Gasteiger partial charge in [0, 0.05) is 36.9 Å². The molecule has 46 heavy (non-hydrogen) atoms. The van der Waals surface area contributed by atoms with Gasteiger partial charge in [-0.2, -0.15) is 0 Å². The lowest BCUT2D eigenvalue weighted by Crippen LogP contribution is -2.51. The maximum atomic E-state index is 12.3. The van der Waals surface area contributed by atoms with E-state index in [1.807, 2.05) is 91.0 Å². The first-order chi connectivity index (χ1) is 22.3. The SMILES string of the molecule is O=C(NCCCNc1ccccc1[C@@H](Nc1ccccn1)[C@H](c1ccccn1)[C@H](O)c1ccccc1)[C@H](O)[C@@H](O)[C@H](O)[C@H](O)CO. The van der Waals surface area contributed by atoms with Crippen LogP contribution in [0.25, 0.3) is 0 Å². The number of aliphatic hydroxyl groups is 6. The minimum absolute atomic E-state index is 0.134. The van der Waals surface area contributed by atoms with Gasteiger partial charge in [0.1, 0.15) is 24.1 Å². The number of hydrogen-bond acceptors (Lipinski definition) is 11. The maximum absolute atomic E-state index is 12.3. The van der Waals surface area contributed by atoms with Crippen molar-refractivity contribution in [3.05, 3.63) is 120 Å². The topological polar surface area (TPSA) is 200 Å². The summed E-state index contributed by atoms with van der Waals surface area (Å²) in [5.41, 5.74) is 3.04. The van der Waals surface area contributed by atoms with E-state index in [1.165, 1.54) is 0 Å². The Labute approximate surface area is 267 Å². The van der Waals surface area contributed by atoms with Crippen LogP contribution in [0.5, 0.6) is 0 Å². The van der Waals surface area contributed by atoms with Crippen LogP contribution in [0.2, 0.25) is 0 Å². The Hall–Kier alpha value is -4.43. The Balaban J connectivity index is 1.53. The van der Waals surface area contributed by atoms with E-state index in [0.717, 1.165) is 16.8 Å². The number of carbonyl (C=O) groups is 1. The van der Waals surface area contributed by atoms with Crippen molar-refractivity contribution in [1.82, 2.24) is 15.3 Å². The lowest BCUT2D eigenvalue weighted by Gasteiger charge is -2.33. The number of anilines is 2. The molecule has 2 aromatic heterocycles. The Morgan fingerprint density at radius 3 is 2.09 bits per heavy atom. The summed E-state index contributed by atoms with van der Waals surface area (Å²) >= 11 is 0. The minimum Gasteiger partial charge on any atom is -0.394 e. The number of aliphatic hydroxyl groups excluding tert-OH is 6. The molecule has 4 rings (SSSR count). The quantitative estimate of drug-likeness (QED) is 0.0765. The summed E-state index contributed by atoms with van der Waals surface area (Å²) in [5.74, 6) is -0.853. The van der Waals surface area contributed by atoms with Gasteiger partial charge in [-0.15, -0.1) is 0 Å². The van der Waals surface area contributed by atoms with Crippen molar-refractivity contribution in [1.29, 1.82) is 0 Å². The second kappa shape index (κ2) is 17.3. The first-order valence-electron chi connectivity index (χ1n) is 15.1. The predicted molar refractivity (Wildman–Crippen MR) is 173 cm³/mol. The first kappa shape index (κ1) is 34.4. The van der Waals surface area contributed by atoms with Crippen molar-refractivity contribution < 1.29 is 35.4 Å². The number of rotatable bonds is 17. The van der Waals surface area contributed by atoms with Gasteiger partial charge < -0.3 is 46.6 Å². The maximum Gasteiger partial charge on any atom is 0.251 e. The molecule has 7 atom stereocenters. The number of nitrogens with one attached hydrogen (secondary N) is 3. The molecule has 0 unspecified atom stereocenters. The number of nitrogens with zero attached hydrogens (tertiary/aromatic N) is 2. The third-order valence-corrected chi connectivity index (χ3v) is 7.63. The summed E-state index contributed by atoms with van der Waals surface area (Å²) in [4.78, 5) is 21.4. The van der Waals surface area contributed by atoms with E-state index in [1.54, 1.807) is 12.4 Å². The monoisotopic (exact) mass is 631 g/mol. The van der Waals surface area contributed by atoms with E-state index < -0.39 is 55.0 Å². The van der Waals surface area contributed by atoms with Crippen LogP contribution in [-0.4, -0.2) is 90.6 Å². The smallest absolute Gasteiger partial charge is 0.251 e. The Morgan fingerprint density at radius 1 is 0.739 bits per heavy atom. The molecule has 0 saturated heterocycles. The summed E-state index contributed by atoms with van der Waals surface area (Å²) < 4.78 is 0. The summed E-state index contributed by atoms with van der Waals surface area (Å²) in [5, 5.41) is 69.5. The molecule has 0 saturated carbocycles. The summed E-state index contributed by atoms with van der Waals surface area (Å²) in [6, 6.07) is 27.7. The van der Waals surface area contributed by atoms with Crippen LogP contribution in [0.3, 0.4) is 0 Å². The number of para-hydroxylation sites is 1. The van der Waals surface area contributed by atoms with Crippen LogP contribution < -0.4 is 16.0 Å². The van der Waals surface area contributed by atoms with Gasteiger partial charge in [0.15, 0.2) is 6.10 Å². The van der Waals surface area contributed by atoms with E-state index in [-0.39, 0.29) is 6.54 Å². The van der Waals surface area contributed by atoms with Crippen molar-refractivity contribution in [2.45, 2.75) is 48.9 Å². The average Bonchev–Trinajstić information content (AvgIpc) is 3.11. The molecule has 0 aliphatic carbocycles. The second-order valence-corrected chi connectivity index (χ2v) is 10.8. The van der Waals surface area contributed by atoms with Crippen LogP contribution in [0.1, 0.15) is 41.3 Å². The van der Waals surface area contributed by atoms with E-state index >= 15 is 0 Å². The molecular weight excluding hydrogens is 590 g/mol. The molecule has 244 valence electrons. The molecule has 4 aromatic rings. The van der Waals surface area contributed by atoms with Crippen molar-refractivity contribution in [2.24, 2.45) is 0 Å². The highest BCUT2D eigenvalue weighted by Crippen LogP contribution is 2.43. The lowest BCUT2D eigenvalue weighted by molar-refractivity contribution is -0.148. The van der Waals surface area contributed by atoms with Gasteiger partial charge in [-0.05, 0) is 47.9 Å². The zero-order valence-corrected chi connectivity index (χ0v) is 25.2. The molecule has 0 fully saturated rings. The largest absolute Gasteiger partial charge is 0.394 e. The number of hydrogen-bond donors (Lipinski definition) is 9. The van der Waals surface area contributed by atoms with Gasteiger partial charge in [-0.25, -0.2) is 4.98 Å². The van der Waals surface area contributed by atoms with Crippen molar-refractivity contribution in [3.63, 3.8) is 0 Å². The highest BCUT2D eigenvalue weighted by atomic mass is 16.4.